The average Bonchev–Trinajstić information content (AvgIpc) is 2.25. The molecule has 1 unspecified atom stereocenters. The van der Waals surface area contributed by atoms with Crippen LogP contribution in [0, 0.1) is 0 Å². The van der Waals surface area contributed by atoms with Crippen LogP contribution in [0.3, 0.4) is 0 Å². The highest BCUT2D eigenvalue weighted by Gasteiger charge is 2.33. The third-order valence-corrected chi connectivity index (χ3v) is 2.33. The van der Waals surface area contributed by atoms with Crippen molar-refractivity contribution in [3.63, 3.8) is 0 Å². The van der Waals surface area contributed by atoms with E-state index >= 15 is 0 Å². The Morgan fingerprint density at radius 1 is 1.41 bits per heavy atom. The van der Waals surface area contributed by atoms with Crippen LogP contribution < -0.4 is 10.1 Å². The van der Waals surface area contributed by atoms with Crippen LogP contribution in [0.15, 0.2) is 24.3 Å². The van der Waals surface area contributed by atoms with E-state index in [4.69, 9.17) is 11.6 Å². The molecular weight excluding hydrogens is 259 g/mol. The number of nitrogens with one attached hydrogen (secondary N) is 1. The molecule has 0 bridgehead atoms. The van der Waals surface area contributed by atoms with Gasteiger partial charge in [0.15, 0.2) is 0 Å². The summed E-state index contributed by atoms with van der Waals surface area (Å²) >= 11 is 5.73. The maximum Gasteiger partial charge on any atom is 0.573 e. The SMILES string of the molecule is CNC(=O)C(Cl)c1ccccc1OC(F)(F)F. The van der Waals surface area contributed by atoms with Gasteiger partial charge in [0.1, 0.15) is 11.1 Å². The molecule has 94 valence electrons. The second-order valence-electron chi connectivity index (χ2n) is 3.06. The van der Waals surface area contributed by atoms with Crippen molar-refractivity contribution in [1.82, 2.24) is 5.32 Å². The van der Waals surface area contributed by atoms with Crippen LogP contribution in [0.4, 0.5) is 13.2 Å². The summed E-state index contributed by atoms with van der Waals surface area (Å²) in [5.74, 6) is -1.09. The minimum Gasteiger partial charge on any atom is -0.405 e. The van der Waals surface area contributed by atoms with E-state index in [0.29, 0.717) is 0 Å². The predicted molar refractivity (Wildman–Crippen MR) is 55.8 cm³/mol. The average molecular weight is 268 g/mol. The maximum absolute atomic E-state index is 12.1. The number of hydrogen-bond donors (Lipinski definition) is 1. The van der Waals surface area contributed by atoms with E-state index in [1.54, 1.807) is 0 Å². The normalized spacial score (nSPS) is 13.0. The fourth-order valence-corrected chi connectivity index (χ4v) is 1.46. The molecule has 0 spiro atoms. The molecule has 0 aliphatic carbocycles. The number of halogens is 4. The highest BCUT2D eigenvalue weighted by atomic mass is 35.5. The Balaban J connectivity index is 3.03. The van der Waals surface area contributed by atoms with E-state index in [0.717, 1.165) is 6.07 Å². The van der Waals surface area contributed by atoms with Gasteiger partial charge < -0.3 is 10.1 Å². The van der Waals surface area contributed by atoms with E-state index in [1.807, 2.05) is 0 Å². The van der Waals surface area contributed by atoms with Crippen LogP contribution in [0.5, 0.6) is 5.75 Å². The van der Waals surface area contributed by atoms with Gasteiger partial charge in [0.05, 0.1) is 0 Å². The second-order valence-corrected chi connectivity index (χ2v) is 3.50. The Bertz CT molecular complexity index is 409. The molecule has 0 aliphatic heterocycles. The summed E-state index contributed by atoms with van der Waals surface area (Å²) in [6.45, 7) is 0. The van der Waals surface area contributed by atoms with Gasteiger partial charge in [-0.25, -0.2) is 0 Å². The van der Waals surface area contributed by atoms with Crippen LogP contribution in [-0.2, 0) is 4.79 Å². The zero-order valence-electron chi connectivity index (χ0n) is 8.72. The summed E-state index contributed by atoms with van der Waals surface area (Å²) in [6.07, 6.45) is -4.82. The van der Waals surface area contributed by atoms with E-state index in [2.05, 4.69) is 10.1 Å². The zero-order chi connectivity index (χ0) is 13.1. The van der Waals surface area contributed by atoms with Gasteiger partial charge in [-0.2, -0.15) is 0 Å². The number of hydrogen-bond acceptors (Lipinski definition) is 2. The van der Waals surface area contributed by atoms with Gasteiger partial charge in [0, 0.05) is 12.6 Å². The van der Waals surface area contributed by atoms with Crippen molar-refractivity contribution in [2.45, 2.75) is 11.7 Å². The first kappa shape index (κ1) is 13.6. The number of alkyl halides is 4. The molecule has 0 fully saturated rings. The van der Waals surface area contributed by atoms with Crippen LogP contribution in [0.1, 0.15) is 10.9 Å². The lowest BCUT2D eigenvalue weighted by molar-refractivity contribution is -0.274. The Kier molecular flexibility index (Phi) is 4.22. The number of ether oxygens (including phenoxy) is 1. The molecule has 1 N–H and O–H groups in total. The predicted octanol–water partition coefficient (Wildman–Crippen LogP) is 2.61. The molecule has 0 aliphatic rings. The summed E-state index contributed by atoms with van der Waals surface area (Å²) in [7, 11) is 1.34. The summed E-state index contributed by atoms with van der Waals surface area (Å²) in [4.78, 5) is 11.3. The van der Waals surface area contributed by atoms with Gasteiger partial charge in [-0.05, 0) is 6.07 Å². The number of amides is 1. The summed E-state index contributed by atoms with van der Waals surface area (Å²) in [6, 6.07) is 5.23. The molecule has 0 saturated heterocycles. The van der Waals surface area contributed by atoms with E-state index < -0.39 is 23.4 Å². The Labute approximate surface area is 101 Å². The number of para-hydroxylation sites is 1. The lowest BCUT2D eigenvalue weighted by Gasteiger charge is -2.15. The maximum atomic E-state index is 12.1. The molecule has 0 saturated carbocycles. The van der Waals surface area contributed by atoms with Crippen molar-refractivity contribution >= 4 is 17.5 Å². The van der Waals surface area contributed by atoms with Crippen LogP contribution in [0.2, 0.25) is 0 Å². The Hall–Kier alpha value is -1.43. The van der Waals surface area contributed by atoms with Crippen molar-refractivity contribution in [3.8, 4) is 5.75 Å². The zero-order valence-corrected chi connectivity index (χ0v) is 9.47. The second kappa shape index (κ2) is 5.27. The summed E-state index contributed by atoms with van der Waals surface area (Å²) in [5, 5.41) is 1.01. The van der Waals surface area contributed by atoms with E-state index in [9.17, 15) is 18.0 Å². The monoisotopic (exact) mass is 267 g/mol. The van der Waals surface area contributed by atoms with E-state index in [-0.39, 0.29) is 5.56 Å². The molecule has 0 radical (unpaired) electrons. The van der Waals surface area contributed by atoms with Gasteiger partial charge in [-0.15, -0.1) is 24.8 Å². The van der Waals surface area contributed by atoms with Crippen LogP contribution in [0.25, 0.3) is 0 Å². The van der Waals surface area contributed by atoms with Crippen LogP contribution in [-0.4, -0.2) is 19.3 Å². The van der Waals surface area contributed by atoms with Gasteiger partial charge in [-0.1, -0.05) is 18.2 Å². The van der Waals surface area contributed by atoms with Crippen molar-refractivity contribution in [3.05, 3.63) is 29.8 Å². The molecule has 1 aromatic rings. The number of likely N-dealkylation sites (N-methyl/N-ethyl adjacent to an activating group) is 1. The van der Waals surface area contributed by atoms with E-state index in [1.165, 1.54) is 25.2 Å². The molecule has 1 atom stereocenters. The van der Waals surface area contributed by atoms with Crippen molar-refractivity contribution in [2.75, 3.05) is 7.05 Å². The van der Waals surface area contributed by atoms with Gasteiger partial charge in [0.25, 0.3) is 0 Å². The molecular formula is C10H9ClF3NO2. The molecule has 7 heteroatoms. The Morgan fingerprint density at radius 3 is 2.53 bits per heavy atom. The molecule has 3 nitrogen and oxygen atoms in total. The Morgan fingerprint density at radius 2 is 2.00 bits per heavy atom. The first-order chi connectivity index (χ1) is 7.85. The quantitative estimate of drug-likeness (QED) is 0.855. The molecule has 0 aromatic heterocycles. The van der Waals surface area contributed by atoms with Gasteiger partial charge in [0.2, 0.25) is 5.91 Å². The highest BCUT2D eigenvalue weighted by molar-refractivity contribution is 6.31. The minimum atomic E-state index is -4.82. The number of carbonyl (C=O) groups is 1. The standard InChI is InChI=1S/C10H9ClF3NO2/c1-15-9(16)8(11)6-4-2-3-5-7(6)17-10(12,13)14/h2-5,8H,1H3,(H,15,16). The van der Waals surface area contributed by atoms with Gasteiger partial charge in [-0.3, -0.25) is 4.79 Å². The molecule has 17 heavy (non-hydrogen) atoms. The van der Waals surface area contributed by atoms with Gasteiger partial charge >= 0.3 is 6.36 Å². The number of rotatable bonds is 3. The highest BCUT2D eigenvalue weighted by Crippen LogP contribution is 2.33. The molecule has 1 amide bonds. The molecule has 1 aromatic carbocycles. The number of benzene rings is 1. The smallest absolute Gasteiger partial charge is 0.405 e. The number of carbonyl (C=O) groups excluding carboxylic acids is 1. The molecule has 0 heterocycles. The van der Waals surface area contributed by atoms with Crippen molar-refractivity contribution in [1.29, 1.82) is 0 Å². The summed E-state index contributed by atoms with van der Waals surface area (Å²) < 4.78 is 40.1. The lowest BCUT2D eigenvalue weighted by atomic mass is 10.1. The fraction of sp³-hybridized carbons (Fsp3) is 0.300. The van der Waals surface area contributed by atoms with Crippen molar-refractivity contribution < 1.29 is 22.7 Å². The minimum absolute atomic E-state index is 0.0363. The largest absolute Gasteiger partial charge is 0.573 e. The first-order valence-electron chi connectivity index (χ1n) is 4.55. The van der Waals surface area contributed by atoms with Crippen LogP contribution >= 0.6 is 11.6 Å². The van der Waals surface area contributed by atoms with Crippen molar-refractivity contribution in [2.24, 2.45) is 0 Å². The topological polar surface area (TPSA) is 38.3 Å². The lowest BCUT2D eigenvalue weighted by Crippen LogP contribution is -2.24. The fourth-order valence-electron chi connectivity index (χ4n) is 1.18. The third-order valence-electron chi connectivity index (χ3n) is 1.89. The first-order valence-corrected chi connectivity index (χ1v) is 4.99. The molecule has 1 rings (SSSR count). The summed E-state index contributed by atoms with van der Waals surface area (Å²) in [5.41, 5.74) is -0.0363. The third kappa shape index (κ3) is 3.81.